The van der Waals surface area contributed by atoms with E-state index in [4.69, 9.17) is 0 Å². The molecule has 0 saturated heterocycles. The molecule has 0 aliphatic heterocycles. The molecule has 0 bridgehead atoms. The van der Waals surface area contributed by atoms with E-state index < -0.39 is 0 Å². The summed E-state index contributed by atoms with van der Waals surface area (Å²) in [6.45, 7) is 5.37. The van der Waals surface area contributed by atoms with Gasteiger partial charge in [0.1, 0.15) is 5.69 Å². The third kappa shape index (κ3) is 3.66. The van der Waals surface area contributed by atoms with Gasteiger partial charge in [-0.15, -0.1) is 0 Å². The Morgan fingerprint density at radius 2 is 1.88 bits per heavy atom. The summed E-state index contributed by atoms with van der Waals surface area (Å²) in [4.78, 5) is 29.0. The predicted octanol–water partition coefficient (Wildman–Crippen LogP) is 3.06. The van der Waals surface area contributed by atoms with E-state index in [1.54, 1.807) is 0 Å². The van der Waals surface area contributed by atoms with Crippen LogP contribution in [0.4, 0.5) is 5.95 Å². The number of benzene rings is 1. The third-order valence-corrected chi connectivity index (χ3v) is 4.15. The molecule has 1 N–H and O–H groups in total. The Hall–Kier alpha value is -2.96. The first-order valence-corrected chi connectivity index (χ1v) is 8.98. The second-order valence-electron chi connectivity index (χ2n) is 6.16. The predicted molar refractivity (Wildman–Crippen MR) is 101 cm³/mol. The number of aromatic nitrogens is 4. The van der Waals surface area contributed by atoms with Crippen molar-refractivity contribution >= 4 is 22.9 Å². The van der Waals surface area contributed by atoms with Crippen molar-refractivity contribution in [3.63, 3.8) is 0 Å². The highest BCUT2D eigenvalue weighted by Gasteiger charge is 2.15. The van der Waals surface area contributed by atoms with E-state index in [-0.39, 0.29) is 17.2 Å². The number of carbonyl (C=O) groups is 1. The minimum absolute atomic E-state index is 0.201. The highest BCUT2D eigenvalue weighted by Crippen LogP contribution is 2.20. The number of unbranched alkanes of at least 4 members (excludes halogenated alkanes) is 1. The molecule has 2 heterocycles. The topological polar surface area (TPSA) is 81.8 Å². The highest BCUT2D eigenvalue weighted by molar-refractivity contribution is 6.02. The van der Waals surface area contributed by atoms with Gasteiger partial charge in [0.2, 0.25) is 5.95 Å². The molecule has 26 heavy (non-hydrogen) atoms. The molecule has 0 saturated carbocycles. The van der Waals surface area contributed by atoms with Gasteiger partial charge >= 0.3 is 0 Å². The standard InChI is InChI=1S/C19H23N5O2/c1-3-5-13-24-17(25)11-10-15(22-24)18(26)21-19-20-14-8-6-7-9-16(14)23(19)12-4-2/h6-11H,3-5,12-13H2,1-2H3,(H,20,21,26). The highest BCUT2D eigenvalue weighted by atomic mass is 16.2. The van der Waals surface area contributed by atoms with Gasteiger partial charge in [-0.3, -0.25) is 14.9 Å². The largest absolute Gasteiger partial charge is 0.310 e. The summed E-state index contributed by atoms with van der Waals surface area (Å²) in [5, 5.41) is 7.03. The van der Waals surface area contributed by atoms with E-state index in [1.807, 2.05) is 35.8 Å². The third-order valence-electron chi connectivity index (χ3n) is 4.15. The monoisotopic (exact) mass is 353 g/mol. The first-order valence-electron chi connectivity index (χ1n) is 8.98. The molecule has 7 heteroatoms. The Kier molecular flexibility index (Phi) is 5.46. The van der Waals surface area contributed by atoms with Crippen LogP contribution in [0.15, 0.2) is 41.2 Å². The lowest BCUT2D eigenvalue weighted by Crippen LogP contribution is -2.26. The zero-order valence-electron chi connectivity index (χ0n) is 15.1. The molecule has 2 aromatic heterocycles. The van der Waals surface area contributed by atoms with Gasteiger partial charge in [0.05, 0.1) is 11.0 Å². The second kappa shape index (κ2) is 7.95. The van der Waals surface area contributed by atoms with Crippen molar-refractivity contribution in [3.8, 4) is 0 Å². The molecule has 0 atom stereocenters. The Labute approximate surface area is 151 Å². The first kappa shape index (κ1) is 17.8. The first-order chi connectivity index (χ1) is 12.6. The maximum absolute atomic E-state index is 12.6. The van der Waals surface area contributed by atoms with Crippen molar-refractivity contribution in [1.29, 1.82) is 0 Å². The zero-order valence-corrected chi connectivity index (χ0v) is 15.1. The van der Waals surface area contributed by atoms with Crippen molar-refractivity contribution < 1.29 is 4.79 Å². The summed E-state index contributed by atoms with van der Waals surface area (Å²) in [5.41, 5.74) is 1.81. The maximum Gasteiger partial charge on any atom is 0.278 e. The maximum atomic E-state index is 12.6. The number of amides is 1. The number of imidazole rings is 1. The molecule has 3 aromatic rings. The number of anilines is 1. The van der Waals surface area contributed by atoms with Gasteiger partial charge in [-0.2, -0.15) is 5.10 Å². The Morgan fingerprint density at radius 1 is 1.08 bits per heavy atom. The fourth-order valence-corrected chi connectivity index (χ4v) is 2.82. The van der Waals surface area contributed by atoms with E-state index in [2.05, 4.69) is 22.3 Å². The van der Waals surface area contributed by atoms with E-state index in [9.17, 15) is 9.59 Å². The number of hydrogen-bond acceptors (Lipinski definition) is 4. The van der Waals surface area contributed by atoms with Gasteiger partial charge in [0.15, 0.2) is 0 Å². The van der Waals surface area contributed by atoms with Crippen LogP contribution >= 0.6 is 0 Å². The van der Waals surface area contributed by atoms with E-state index in [0.717, 1.165) is 36.8 Å². The van der Waals surface area contributed by atoms with Crippen molar-refractivity contribution in [2.24, 2.45) is 0 Å². The van der Waals surface area contributed by atoms with E-state index in [1.165, 1.54) is 16.8 Å². The average Bonchev–Trinajstić information content (AvgIpc) is 2.98. The molecule has 0 unspecified atom stereocenters. The lowest BCUT2D eigenvalue weighted by atomic mass is 10.3. The SMILES string of the molecule is CCCCn1nc(C(=O)Nc2nc3ccccc3n2CCC)ccc1=O. The molecule has 0 spiro atoms. The molecule has 1 amide bonds. The Balaban J connectivity index is 1.89. The van der Waals surface area contributed by atoms with Crippen LogP contribution < -0.4 is 10.9 Å². The van der Waals surface area contributed by atoms with Crippen molar-refractivity contribution in [1.82, 2.24) is 19.3 Å². The van der Waals surface area contributed by atoms with Crippen LogP contribution in [0.25, 0.3) is 11.0 Å². The van der Waals surface area contributed by atoms with Crippen molar-refractivity contribution in [3.05, 3.63) is 52.4 Å². The molecule has 0 radical (unpaired) electrons. The summed E-state index contributed by atoms with van der Waals surface area (Å²) in [7, 11) is 0. The molecule has 1 aromatic carbocycles. The minimum Gasteiger partial charge on any atom is -0.310 e. The molecule has 0 fully saturated rings. The van der Waals surface area contributed by atoms with Crippen LogP contribution in [0.1, 0.15) is 43.6 Å². The molecule has 0 aliphatic rings. The van der Waals surface area contributed by atoms with E-state index in [0.29, 0.717) is 12.5 Å². The Bertz CT molecular complexity index is 973. The molecular formula is C19H23N5O2. The number of aryl methyl sites for hydroxylation is 2. The van der Waals surface area contributed by atoms with Crippen molar-refractivity contribution in [2.45, 2.75) is 46.2 Å². The van der Waals surface area contributed by atoms with Crippen LogP contribution in [0, 0.1) is 0 Å². The van der Waals surface area contributed by atoms with Gasteiger partial charge in [0.25, 0.3) is 11.5 Å². The number of hydrogen-bond donors (Lipinski definition) is 1. The van der Waals surface area contributed by atoms with Gasteiger partial charge < -0.3 is 4.57 Å². The Morgan fingerprint density at radius 3 is 2.65 bits per heavy atom. The van der Waals surface area contributed by atoms with Crippen LogP contribution in [-0.4, -0.2) is 25.2 Å². The number of fused-ring (bicyclic) bond motifs is 1. The fourth-order valence-electron chi connectivity index (χ4n) is 2.82. The molecule has 136 valence electrons. The lowest BCUT2D eigenvalue weighted by Gasteiger charge is -2.09. The van der Waals surface area contributed by atoms with E-state index >= 15 is 0 Å². The molecular weight excluding hydrogens is 330 g/mol. The summed E-state index contributed by atoms with van der Waals surface area (Å²) < 4.78 is 3.33. The smallest absolute Gasteiger partial charge is 0.278 e. The summed E-state index contributed by atoms with van der Waals surface area (Å²) in [6, 6.07) is 10.6. The zero-order chi connectivity index (χ0) is 18.5. The quantitative estimate of drug-likeness (QED) is 0.708. The van der Waals surface area contributed by atoms with Gasteiger partial charge in [-0.05, 0) is 31.0 Å². The summed E-state index contributed by atoms with van der Waals surface area (Å²) in [6.07, 6.45) is 2.71. The second-order valence-corrected chi connectivity index (χ2v) is 6.16. The van der Waals surface area contributed by atoms with Crippen LogP contribution in [0.2, 0.25) is 0 Å². The summed E-state index contributed by atoms with van der Waals surface area (Å²) in [5.74, 6) is 0.120. The van der Waals surface area contributed by atoms with Crippen LogP contribution in [0.5, 0.6) is 0 Å². The number of nitrogens with one attached hydrogen (secondary N) is 1. The lowest BCUT2D eigenvalue weighted by molar-refractivity contribution is 0.101. The number of para-hydroxylation sites is 2. The number of carbonyl (C=O) groups excluding carboxylic acids is 1. The molecule has 0 aliphatic carbocycles. The van der Waals surface area contributed by atoms with Crippen LogP contribution in [-0.2, 0) is 13.1 Å². The minimum atomic E-state index is -0.372. The van der Waals surface area contributed by atoms with Crippen LogP contribution in [0.3, 0.4) is 0 Å². The number of nitrogens with zero attached hydrogens (tertiary/aromatic N) is 4. The number of rotatable bonds is 7. The van der Waals surface area contributed by atoms with Gasteiger partial charge in [-0.25, -0.2) is 9.67 Å². The van der Waals surface area contributed by atoms with Gasteiger partial charge in [-0.1, -0.05) is 32.4 Å². The van der Waals surface area contributed by atoms with Gasteiger partial charge in [0, 0.05) is 19.2 Å². The normalized spacial score (nSPS) is 11.0. The average molecular weight is 353 g/mol. The fraction of sp³-hybridized carbons (Fsp3) is 0.368. The van der Waals surface area contributed by atoms with Crippen molar-refractivity contribution in [2.75, 3.05) is 5.32 Å². The summed E-state index contributed by atoms with van der Waals surface area (Å²) >= 11 is 0. The molecule has 7 nitrogen and oxygen atoms in total. The molecule has 3 rings (SSSR count).